The average Bonchev–Trinajstić information content (AvgIpc) is 2.45. The molecule has 0 aromatic heterocycles. The van der Waals surface area contributed by atoms with Gasteiger partial charge in [0.05, 0.1) is 6.04 Å². The maximum atomic E-state index is 11.8. The van der Waals surface area contributed by atoms with Crippen LogP contribution in [-0.4, -0.2) is 43.6 Å². The molecule has 0 spiro atoms. The summed E-state index contributed by atoms with van der Waals surface area (Å²) in [6, 6.07) is 7.01. The zero-order chi connectivity index (χ0) is 15.0. The van der Waals surface area contributed by atoms with Crippen LogP contribution >= 0.6 is 11.6 Å². The number of likely N-dealkylation sites (N-methyl/N-ethyl adjacent to an activating group) is 1. The number of halogens is 1. The second-order valence-corrected chi connectivity index (χ2v) is 4.93. The molecule has 0 fully saturated rings. The van der Waals surface area contributed by atoms with Gasteiger partial charge in [-0.25, -0.2) is 0 Å². The van der Waals surface area contributed by atoms with Gasteiger partial charge in [-0.2, -0.15) is 0 Å². The Morgan fingerprint density at radius 1 is 1.50 bits per heavy atom. The lowest BCUT2D eigenvalue weighted by molar-refractivity contribution is -0.125. The number of benzene rings is 1. The van der Waals surface area contributed by atoms with E-state index in [4.69, 9.17) is 16.3 Å². The highest BCUT2D eigenvalue weighted by molar-refractivity contribution is 6.30. The molecule has 1 unspecified atom stereocenters. The number of hydrogen-bond donors (Lipinski definition) is 1. The minimum absolute atomic E-state index is 0.0149. The molecule has 0 aliphatic carbocycles. The lowest BCUT2D eigenvalue weighted by atomic mass is 10.2. The van der Waals surface area contributed by atoms with Crippen molar-refractivity contribution in [3.8, 4) is 5.75 Å². The average molecular weight is 297 g/mol. The van der Waals surface area contributed by atoms with Crippen LogP contribution in [0.1, 0.15) is 6.92 Å². The highest BCUT2D eigenvalue weighted by atomic mass is 35.5. The summed E-state index contributed by atoms with van der Waals surface area (Å²) in [4.78, 5) is 13.7. The highest BCUT2D eigenvalue weighted by Crippen LogP contribution is 2.15. The molecule has 1 N–H and O–H groups in total. The lowest BCUT2D eigenvalue weighted by Gasteiger charge is -2.23. The topological polar surface area (TPSA) is 41.6 Å². The number of nitrogens with one attached hydrogen (secondary N) is 1. The molecule has 1 rings (SSSR count). The van der Waals surface area contributed by atoms with Gasteiger partial charge in [0.1, 0.15) is 12.4 Å². The van der Waals surface area contributed by atoms with Crippen molar-refractivity contribution in [3.63, 3.8) is 0 Å². The van der Waals surface area contributed by atoms with Crippen molar-refractivity contribution in [2.24, 2.45) is 0 Å². The van der Waals surface area contributed by atoms with E-state index in [1.807, 2.05) is 31.0 Å². The first-order valence-corrected chi connectivity index (χ1v) is 6.89. The van der Waals surface area contributed by atoms with Gasteiger partial charge in [-0.1, -0.05) is 17.7 Å². The molecule has 0 heterocycles. The Hall–Kier alpha value is -1.52. The predicted octanol–water partition coefficient (Wildman–Crippen LogP) is 2.34. The molecule has 0 saturated heterocycles. The molecule has 110 valence electrons. The van der Waals surface area contributed by atoms with Crippen molar-refractivity contribution in [2.75, 3.05) is 26.7 Å². The molecule has 1 aromatic rings. The number of amides is 1. The summed E-state index contributed by atoms with van der Waals surface area (Å²) in [5.74, 6) is 0.755. The van der Waals surface area contributed by atoms with Crippen molar-refractivity contribution in [2.45, 2.75) is 13.0 Å². The monoisotopic (exact) mass is 296 g/mol. The zero-order valence-electron chi connectivity index (χ0n) is 11.9. The van der Waals surface area contributed by atoms with Crippen molar-refractivity contribution in [1.29, 1.82) is 0 Å². The van der Waals surface area contributed by atoms with E-state index in [-0.39, 0.29) is 11.9 Å². The fourth-order valence-electron chi connectivity index (χ4n) is 1.55. The number of rotatable bonds is 8. The molecule has 1 amide bonds. The Morgan fingerprint density at radius 3 is 2.75 bits per heavy atom. The molecule has 0 aliphatic heterocycles. The summed E-state index contributed by atoms with van der Waals surface area (Å²) in [5, 5.41) is 3.46. The molecule has 20 heavy (non-hydrogen) atoms. The number of carbonyl (C=O) groups excluding carboxylic acids is 1. The van der Waals surface area contributed by atoms with Crippen LogP contribution in [0, 0.1) is 0 Å². The van der Waals surface area contributed by atoms with Gasteiger partial charge in [-0.15, -0.1) is 6.58 Å². The molecule has 0 radical (unpaired) electrons. The van der Waals surface area contributed by atoms with Gasteiger partial charge < -0.3 is 10.1 Å². The molecule has 0 saturated carbocycles. The fraction of sp³-hybridized carbons (Fsp3) is 0.400. The van der Waals surface area contributed by atoms with E-state index >= 15 is 0 Å². The van der Waals surface area contributed by atoms with E-state index in [2.05, 4.69) is 11.9 Å². The van der Waals surface area contributed by atoms with Gasteiger partial charge >= 0.3 is 0 Å². The third-order valence-corrected chi connectivity index (χ3v) is 3.24. The van der Waals surface area contributed by atoms with Gasteiger partial charge in [0.2, 0.25) is 5.91 Å². The van der Waals surface area contributed by atoms with E-state index in [1.165, 1.54) is 0 Å². The minimum Gasteiger partial charge on any atom is -0.492 e. The van der Waals surface area contributed by atoms with Crippen LogP contribution in [0.2, 0.25) is 5.02 Å². The van der Waals surface area contributed by atoms with Crippen molar-refractivity contribution < 1.29 is 9.53 Å². The van der Waals surface area contributed by atoms with Crippen LogP contribution in [-0.2, 0) is 4.79 Å². The van der Waals surface area contributed by atoms with Crippen LogP contribution in [0.15, 0.2) is 36.9 Å². The van der Waals surface area contributed by atoms with Crippen molar-refractivity contribution >= 4 is 17.5 Å². The maximum absolute atomic E-state index is 11.8. The third kappa shape index (κ3) is 5.63. The molecule has 0 aliphatic rings. The molecular weight excluding hydrogens is 276 g/mol. The van der Waals surface area contributed by atoms with E-state index in [1.54, 1.807) is 18.2 Å². The molecule has 1 aromatic carbocycles. The second-order valence-electron chi connectivity index (χ2n) is 4.49. The first-order chi connectivity index (χ1) is 9.54. The van der Waals surface area contributed by atoms with Gasteiger partial charge in [-0.05, 0) is 38.2 Å². The zero-order valence-corrected chi connectivity index (χ0v) is 12.7. The Bertz CT molecular complexity index is 434. The summed E-state index contributed by atoms with van der Waals surface area (Å²) in [6.07, 6.45) is 1.66. The summed E-state index contributed by atoms with van der Waals surface area (Å²) in [6.45, 7) is 7.08. The van der Waals surface area contributed by atoms with Crippen LogP contribution < -0.4 is 10.1 Å². The van der Waals surface area contributed by atoms with Crippen LogP contribution in [0.3, 0.4) is 0 Å². The Kier molecular flexibility index (Phi) is 7.12. The molecule has 1 atom stereocenters. The molecular formula is C15H21ClN2O2. The van der Waals surface area contributed by atoms with E-state index < -0.39 is 0 Å². The van der Waals surface area contributed by atoms with Gasteiger partial charge in [-0.3, -0.25) is 9.69 Å². The number of nitrogens with zero attached hydrogens (tertiary/aromatic N) is 1. The first-order valence-electron chi connectivity index (χ1n) is 6.51. The molecule has 5 heteroatoms. The molecule has 4 nitrogen and oxygen atoms in total. The predicted molar refractivity (Wildman–Crippen MR) is 82.2 cm³/mol. The third-order valence-electron chi connectivity index (χ3n) is 2.99. The Balaban J connectivity index is 2.31. The van der Waals surface area contributed by atoms with Crippen LogP contribution in [0.5, 0.6) is 5.75 Å². The van der Waals surface area contributed by atoms with E-state index in [0.717, 1.165) is 5.75 Å². The summed E-state index contributed by atoms with van der Waals surface area (Å²) in [7, 11) is 1.89. The summed E-state index contributed by atoms with van der Waals surface area (Å²) in [5.41, 5.74) is 0. The first kappa shape index (κ1) is 16.5. The van der Waals surface area contributed by atoms with Gasteiger partial charge in [0.15, 0.2) is 0 Å². The Morgan fingerprint density at radius 2 is 2.15 bits per heavy atom. The highest BCUT2D eigenvalue weighted by Gasteiger charge is 2.16. The van der Waals surface area contributed by atoms with Crippen LogP contribution in [0.4, 0.5) is 0 Å². The quantitative estimate of drug-likeness (QED) is 0.749. The smallest absolute Gasteiger partial charge is 0.237 e. The normalized spacial score (nSPS) is 12.0. The Labute approximate surface area is 125 Å². The summed E-state index contributed by atoms with van der Waals surface area (Å²) >= 11 is 5.80. The van der Waals surface area contributed by atoms with Crippen molar-refractivity contribution in [1.82, 2.24) is 10.2 Å². The standard InChI is InChI=1S/C15H21ClN2O2/c1-4-9-17-15(19)12(2)18(3)10-11-20-14-7-5-13(16)6-8-14/h4-8,12H,1,9-11H2,2-3H3,(H,17,19). The molecule has 0 bridgehead atoms. The number of ether oxygens (including phenoxy) is 1. The lowest BCUT2D eigenvalue weighted by Crippen LogP contribution is -2.44. The van der Waals surface area contributed by atoms with E-state index in [9.17, 15) is 4.79 Å². The minimum atomic E-state index is -0.205. The SMILES string of the molecule is C=CCNC(=O)C(C)N(C)CCOc1ccc(Cl)cc1. The van der Waals surface area contributed by atoms with Gasteiger partial charge in [0, 0.05) is 18.1 Å². The van der Waals surface area contributed by atoms with Crippen LogP contribution in [0.25, 0.3) is 0 Å². The fourth-order valence-corrected chi connectivity index (χ4v) is 1.68. The van der Waals surface area contributed by atoms with Crippen molar-refractivity contribution in [3.05, 3.63) is 41.9 Å². The van der Waals surface area contributed by atoms with Gasteiger partial charge in [0.25, 0.3) is 0 Å². The second kappa shape index (κ2) is 8.61. The largest absolute Gasteiger partial charge is 0.492 e. The van der Waals surface area contributed by atoms with E-state index in [0.29, 0.717) is 24.7 Å². The number of hydrogen-bond acceptors (Lipinski definition) is 3. The number of carbonyl (C=O) groups is 1. The summed E-state index contributed by atoms with van der Waals surface area (Å²) < 4.78 is 5.59. The maximum Gasteiger partial charge on any atom is 0.237 e.